The molecule has 1 aliphatic heterocycles. The summed E-state index contributed by atoms with van der Waals surface area (Å²) >= 11 is 0. The Hall–Kier alpha value is -1.75. The smallest absolute Gasteiger partial charge is 0.240 e. The van der Waals surface area contributed by atoms with Gasteiger partial charge in [-0.05, 0) is 30.7 Å². The molecule has 1 heterocycles. The average molecular weight is 253 g/mol. The van der Waals surface area contributed by atoms with Crippen LogP contribution < -0.4 is 5.73 Å². The third-order valence-electron chi connectivity index (χ3n) is 3.27. The number of rotatable bonds is 5. The lowest BCUT2D eigenvalue weighted by Gasteiger charge is -2.29. The minimum absolute atomic E-state index is 0.0379. The number of hydrogen-bond donors (Lipinski definition) is 1. The van der Waals surface area contributed by atoms with Gasteiger partial charge in [-0.1, -0.05) is 12.0 Å². The summed E-state index contributed by atoms with van der Waals surface area (Å²) in [6, 6.07) is -0.552. The fourth-order valence-electron chi connectivity index (χ4n) is 2.33. The summed E-state index contributed by atoms with van der Waals surface area (Å²) in [4.78, 5) is 27.6. The first-order valence-electron chi connectivity index (χ1n) is 6.19. The van der Waals surface area contributed by atoms with Crippen molar-refractivity contribution in [2.75, 3.05) is 13.1 Å². The van der Waals surface area contributed by atoms with Crippen LogP contribution in [0.4, 0.5) is 0 Å². The molecule has 1 fully saturated rings. The van der Waals surface area contributed by atoms with E-state index in [1.54, 1.807) is 4.90 Å². The first-order chi connectivity index (χ1) is 8.60. The molecule has 7 heteroatoms. The number of carbonyl (C=O) groups is 2. The van der Waals surface area contributed by atoms with E-state index in [2.05, 4.69) is 10.0 Å². The minimum atomic E-state index is -0.552. The maximum Gasteiger partial charge on any atom is 0.240 e. The summed E-state index contributed by atoms with van der Waals surface area (Å²) in [7, 11) is 0. The van der Waals surface area contributed by atoms with Gasteiger partial charge in [-0.25, -0.2) is 0 Å². The summed E-state index contributed by atoms with van der Waals surface area (Å²) in [5.74, 6) is -0.403. The highest BCUT2D eigenvalue weighted by atomic mass is 16.2. The summed E-state index contributed by atoms with van der Waals surface area (Å²) in [6.45, 7) is 2.63. The van der Waals surface area contributed by atoms with Crippen molar-refractivity contribution in [3.8, 4) is 0 Å². The van der Waals surface area contributed by atoms with Gasteiger partial charge in [0.1, 0.15) is 6.04 Å². The van der Waals surface area contributed by atoms with Gasteiger partial charge >= 0.3 is 0 Å². The highest BCUT2D eigenvalue weighted by Crippen LogP contribution is 2.20. The third-order valence-corrected chi connectivity index (χ3v) is 3.27. The number of nitrogens with two attached hydrogens (primary N) is 1. The van der Waals surface area contributed by atoms with Crippen LogP contribution in [-0.2, 0) is 9.59 Å². The first-order valence-corrected chi connectivity index (χ1v) is 6.19. The van der Waals surface area contributed by atoms with Crippen LogP contribution >= 0.6 is 0 Å². The summed E-state index contributed by atoms with van der Waals surface area (Å²) < 4.78 is 0. The van der Waals surface area contributed by atoms with Crippen molar-refractivity contribution in [1.29, 1.82) is 0 Å². The molecule has 7 nitrogen and oxygen atoms in total. The van der Waals surface area contributed by atoms with Gasteiger partial charge in [-0.15, -0.1) is 0 Å². The molecule has 2 atom stereocenters. The van der Waals surface area contributed by atoms with Gasteiger partial charge in [-0.2, -0.15) is 0 Å². The van der Waals surface area contributed by atoms with Crippen LogP contribution in [0.3, 0.4) is 0 Å². The fourth-order valence-corrected chi connectivity index (χ4v) is 2.33. The number of carbonyl (C=O) groups excluding carboxylic acids is 2. The molecular formula is C11H19N5O2. The SMILES string of the molecule is CCC(C(N)=O)N1CC(CN=[N+]=[N-])CCCC1=O. The van der Waals surface area contributed by atoms with Gasteiger partial charge in [-0.3, -0.25) is 9.59 Å². The first kappa shape index (κ1) is 14.3. The molecule has 2 N–H and O–H groups in total. The van der Waals surface area contributed by atoms with Gasteiger partial charge in [0.2, 0.25) is 11.8 Å². The quantitative estimate of drug-likeness (QED) is 0.450. The largest absolute Gasteiger partial charge is 0.368 e. The number of hydrogen-bond acceptors (Lipinski definition) is 3. The number of primary amides is 1. The van der Waals surface area contributed by atoms with Crippen molar-refractivity contribution in [2.24, 2.45) is 16.8 Å². The van der Waals surface area contributed by atoms with E-state index in [0.29, 0.717) is 25.9 Å². The van der Waals surface area contributed by atoms with E-state index in [1.807, 2.05) is 6.92 Å². The Morgan fingerprint density at radius 3 is 3.00 bits per heavy atom. The van der Waals surface area contributed by atoms with Crippen LogP contribution in [0.15, 0.2) is 5.11 Å². The lowest BCUT2D eigenvalue weighted by atomic mass is 10.0. The molecule has 1 saturated heterocycles. The Balaban J connectivity index is 2.80. The van der Waals surface area contributed by atoms with Crippen molar-refractivity contribution in [3.05, 3.63) is 10.4 Å². The molecule has 100 valence electrons. The maximum atomic E-state index is 12.0. The standard InChI is InChI=1S/C11H19N5O2/c1-2-9(11(12)18)16-7-8(6-14-15-13)4-3-5-10(16)17/h8-9H,2-7H2,1H3,(H2,12,18). The molecule has 2 unspecified atom stereocenters. The molecular weight excluding hydrogens is 234 g/mol. The van der Waals surface area contributed by atoms with Crippen molar-refractivity contribution in [3.63, 3.8) is 0 Å². The molecule has 0 radical (unpaired) electrons. The zero-order valence-electron chi connectivity index (χ0n) is 10.6. The van der Waals surface area contributed by atoms with Gasteiger partial charge in [0, 0.05) is 24.4 Å². The van der Waals surface area contributed by atoms with Crippen molar-refractivity contribution < 1.29 is 9.59 Å². The molecule has 0 aromatic heterocycles. The van der Waals surface area contributed by atoms with E-state index in [1.165, 1.54) is 0 Å². The van der Waals surface area contributed by atoms with Crippen molar-refractivity contribution in [2.45, 2.75) is 38.6 Å². The molecule has 0 bridgehead atoms. The van der Waals surface area contributed by atoms with Gasteiger partial charge in [0.05, 0.1) is 0 Å². The number of amides is 2. The molecule has 1 aliphatic rings. The van der Waals surface area contributed by atoms with Crippen LogP contribution in [0.25, 0.3) is 10.4 Å². The van der Waals surface area contributed by atoms with E-state index in [4.69, 9.17) is 11.3 Å². The van der Waals surface area contributed by atoms with Gasteiger partial charge in [0.25, 0.3) is 0 Å². The highest BCUT2D eigenvalue weighted by Gasteiger charge is 2.30. The number of likely N-dealkylation sites (tertiary alicyclic amines) is 1. The van der Waals surface area contributed by atoms with Crippen LogP contribution in [0.5, 0.6) is 0 Å². The van der Waals surface area contributed by atoms with E-state index in [0.717, 1.165) is 12.8 Å². The maximum absolute atomic E-state index is 12.0. The Bertz CT molecular complexity index is 364. The average Bonchev–Trinajstić information content (AvgIpc) is 2.50. The predicted molar refractivity (Wildman–Crippen MR) is 66.3 cm³/mol. The van der Waals surface area contributed by atoms with Crippen molar-refractivity contribution in [1.82, 2.24) is 4.90 Å². The summed E-state index contributed by atoms with van der Waals surface area (Å²) in [5, 5.41) is 3.55. The second kappa shape index (κ2) is 6.86. The molecule has 0 aliphatic carbocycles. The lowest BCUT2D eigenvalue weighted by molar-refractivity contribution is -0.139. The molecule has 1 rings (SSSR count). The van der Waals surface area contributed by atoms with Crippen LogP contribution in [0.2, 0.25) is 0 Å². The lowest BCUT2D eigenvalue weighted by Crippen LogP contribution is -2.48. The zero-order valence-corrected chi connectivity index (χ0v) is 10.6. The normalized spacial score (nSPS) is 21.9. The monoisotopic (exact) mass is 253 g/mol. The molecule has 2 amide bonds. The Morgan fingerprint density at radius 2 is 2.44 bits per heavy atom. The molecule has 0 aromatic carbocycles. The second-order valence-electron chi connectivity index (χ2n) is 4.54. The number of azide groups is 1. The number of nitrogens with zero attached hydrogens (tertiary/aromatic N) is 4. The minimum Gasteiger partial charge on any atom is -0.368 e. The Kier molecular flexibility index (Phi) is 5.45. The van der Waals surface area contributed by atoms with Crippen LogP contribution in [0.1, 0.15) is 32.6 Å². The van der Waals surface area contributed by atoms with E-state index >= 15 is 0 Å². The van der Waals surface area contributed by atoms with Gasteiger partial charge < -0.3 is 10.6 Å². The highest BCUT2D eigenvalue weighted by molar-refractivity contribution is 5.86. The zero-order chi connectivity index (χ0) is 13.5. The molecule has 0 saturated carbocycles. The summed E-state index contributed by atoms with van der Waals surface area (Å²) in [6.07, 6.45) is 2.53. The molecule has 0 spiro atoms. The topological polar surface area (TPSA) is 112 Å². The Morgan fingerprint density at radius 1 is 1.72 bits per heavy atom. The summed E-state index contributed by atoms with van der Waals surface area (Å²) in [5.41, 5.74) is 13.7. The predicted octanol–water partition coefficient (Wildman–Crippen LogP) is 1.19. The van der Waals surface area contributed by atoms with Crippen LogP contribution in [0, 0.1) is 5.92 Å². The van der Waals surface area contributed by atoms with Gasteiger partial charge in [0.15, 0.2) is 0 Å². The third kappa shape index (κ3) is 3.63. The van der Waals surface area contributed by atoms with E-state index < -0.39 is 11.9 Å². The Labute approximate surface area is 106 Å². The fraction of sp³-hybridized carbons (Fsp3) is 0.818. The van der Waals surface area contributed by atoms with Crippen molar-refractivity contribution >= 4 is 11.8 Å². The van der Waals surface area contributed by atoms with E-state index in [9.17, 15) is 9.59 Å². The molecule has 18 heavy (non-hydrogen) atoms. The molecule has 0 aromatic rings. The second-order valence-corrected chi connectivity index (χ2v) is 4.54. The van der Waals surface area contributed by atoms with Crippen LogP contribution in [-0.4, -0.2) is 35.8 Å². The van der Waals surface area contributed by atoms with E-state index in [-0.39, 0.29) is 11.8 Å².